The number of aromatic amines is 1. The van der Waals surface area contributed by atoms with E-state index < -0.39 is 23.4 Å². The van der Waals surface area contributed by atoms with Gasteiger partial charge in [0.15, 0.2) is 0 Å². The molecule has 0 aliphatic heterocycles. The number of anilines is 2. The van der Waals surface area contributed by atoms with Crippen LogP contribution in [0.1, 0.15) is 34.3 Å². The number of ether oxygens (including phenoxy) is 2. The standard InChI is InChI=1S/C32H30BrFN4O6/c1-19-23(16-21(31(40)41)17-24(19)34)27-28(33)36-29(30(39)35-27)38(22-12-13-22)25-10-6-7-11-26(25)43-15-14-37(2)32(42)44-18-20-8-4-3-5-9-20/h3-11,16-17,22H,12-15,18H2,1-2H3,(H,35,39)(H,40,41). The number of aromatic carboxylic acids is 1. The Balaban J connectivity index is 1.35. The molecule has 1 aromatic heterocycles. The van der Waals surface area contributed by atoms with E-state index in [4.69, 9.17) is 9.47 Å². The molecule has 1 fully saturated rings. The molecule has 0 bridgehead atoms. The fourth-order valence-electron chi connectivity index (χ4n) is 4.63. The van der Waals surface area contributed by atoms with Gasteiger partial charge in [-0.1, -0.05) is 42.5 Å². The van der Waals surface area contributed by atoms with Gasteiger partial charge in [-0.25, -0.2) is 19.0 Å². The highest BCUT2D eigenvalue weighted by Gasteiger charge is 2.35. The summed E-state index contributed by atoms with van der Waals surface area (Å²) in [4.78, 5) is 48.0. The number of halogens is 2. The molecule has 1 aliphatic rings. The zero-order valence-electron chi connectivity index (χ0n) is 24.0. The van der Waals surface area contributed by atoms with Crippen molar-refractivity contribution < 1.29 is 28.6 Å². The summed E-state index contributed by atoms with van der Waals surface area (Å²) in [6.07, 6.45) is 1.18. The van der Waals surface area contributed by atoms with Crippen molar-refractivity contribution >= 4 is 39.5 Å². The highest BCUT2D eigenvalue weighted by Crippen LogP contribution is 2.41. The Bertz CT molecular complexity index is 1740. The molecule has 0 saturated heterocycles. The predicted molar refractivity (Wildman–Crippen MR) is 166 cm³/mol. The molecular formula is C32H30BrFN4O6. The number of carboxylic acids is 1. The molecule has 10 nitrogen and oxygen atoms in total. The largest absolute Gasteiger partial charge is 0.490 e. The summed E-state index contributed by atoms with van der Waals surface area (Å²) in [5, 5.41) is 9.41. The second-order valence-corrected chi connectivity index (χ2v) is 11.1. The number of H-pyrrole nitrogens is 1. The van der Waals surface area contributed by atoms with E-state index in [1.54, 1.807) is 13.1 Å². The summed E-state index contributed by atoms with van der Waals surface area (Å²) < 4.78 is 26.2. The van der Waals surface area contributed by atoms with E-state index in [1.807, 2.05) is 53.4 Å². The van der Waals surface area contributed by atoms with E-state index in [-0.39, 0.29) is 58.6 Å². The summed E-state index contributed by atoms with van der Waals surface area (Å²) in [6, 6.07) is 18.9. The number of carbonyl (C=O) groups excluding carboxylic acids is 1. The first kappa shape index (κ1) is 30.7. The molecule has 228 valence electrons. The van der Waals surface area contributed by atoms with Crippen molar-refractivity contribution in [3.63, 3.8) is 0 Å². The lowest BCUT2D eigenvalue weighted by molar-refractivity contribution is 0.0696. The fourth-order valence-corrected chi connectivity index (χ4v) is 5.11. The number of hydrogen-bond donors (Lipinski definition) is 2. The van der Waals surface area contributed by atoms with Crippen molar-refractivity contribution in [1.29, 1.82) is 0 Å². The van der Waals surface area contributed by atoms with Crippen molar-refractivity contribution in [2.45, 2.75) is 32.4 Å². The Morgan fingerprint density at radius 2 is 1.82 bits per heavy atom. The van der Waals surface area contributed by atoms with Crippen LogP contribution in [-0.2, 0) is 11.3 Å². The average Bonchev–Trinajstić information content (AvgIpc) is 3.85. The molecule has 3 aromatic carbocycles. The summed E-state index contributed by atoms with van der Waals surface area (Å²) in [5.74, 6) is -1.40. The van der Waals surface area contributed by atoms with Crippen LogP contribution in [0, 0.1) is 12.7 Å². The summed E-state index contributed by atoms with van der Waals surface area (Å²) in [7, 11) is 1.63. The number of hydrogen-bond acceptors (Lipinski definition) is 7. The number of benzene rings is 3. The minimum absolute atomic E-state index is 0.00347. The summed E-state index contributed by atoms with van der Waals surface area (Å²) in [6.45, 7) is 2.10. The molecule has 2 N–H and O–H groups in total. The second-order valence-electron chi connectivity index (χ2n) is 10.4. The van der Waals surface area contributed by atoms with Crippen molar-refractivity contribution in [3.05, 3.63) is 104 Å². The van der Waals surface area contributed by atoms with Crippen LogP contribution >= 0.6 is 15.9 Å². The number of nitrogens with one attached hydrogen (secondary N) is 1. The fraction of sp³-hybridized carbons (Fsp3) is 0.250. The predicted octanol–water partition coefficient (Wildman–Crippen LogP) is 6.29. The molecule has 0 atom stereocenters. The molecule has 12 heteroatoms. The van der Waals surface area contributed by atoms with Crippen LogP contribution in [0.5, 0.6) is 5.75 Å². The van der Waals surface area contributed by atoms with Gasteiger partial charge in [-0.3, -0.25) is 4.79 Å². The van der Waals surface area contributed by atoms with Gasteiger partial charge in [-0.15, -0.1) is 0 Å². The van der Waals surface area contributed by atoms with Crippen molar-refractivity contribution in [2.75, 3.05) is 25.1 Å². The number of aromatic nitrogens is 2. The Labute approximate surface area is 261 Å². The maximum Gasteiger partial charge on any atom is 0.409 e. The maximum atomic E-state index is 14.6. The number of rotatable bonds is 11. The molecule has 1 amide bonds. The second kappa shape index (κ2) is 13.3. The first-order valence-electron chi connectivity index (χ1n) is 13.9. The number of amides is 1. The number of carbonyl (C=O) groups is 2. The van der Waals surface area contributed by atoms with Crippen LogP contribution in [0.25, 0.3) is 11.3 Å². The molecule has 5 rings (SSSR count). The summed E-state index contributed by atoms with van der Waals surface area (Å²) in [5.41, 5.74) is 1.27. The van der Waals surface area contributed by atoms with Crippen molar-refractivity contribution in [3.8, 4) is 17.0 Å². The van der Waals surface area contributed by atoms with Crippen LogP contribution < -0.4 is 15.2 Å². The molecule has 44 heavy (non-hydrogen) atoms. The highest BCUT2D eigenvalue weighted by molar-refractivity contribution is 9.10. The molecular weight excluding hydrogens is 635 g/mol. The van der Waals surface area contributed by atoms with E-state index in [0.29, 0.717) is 11.4 Å². The van der Waals surface area contributed by atoms with E-state index >= 15 is 0 Å². The smallest absolute Gasteiger partial charge is 0.409 e. The number of nitrogens with zero attached hydrogens (tertiary/aromatic N) is 3. The topological polar surface area (TPSA) is 125 Å². The van der Waals surface area contributed by atoms with Gasteiger partial charge < -0.3 is 29.4 Å². The third kappa shape index (κ3) is 6.91. The van der Waals surface area contributed by atoms with Gasteiger partial charge in [0.1, 0.15) is 29.4 Å². The molecule has 0 spiro atoms. The van der Waals surface area contributed by atoms with Gasteiger partial charge in [0, 0.05) is 18.7 Å². The first-order chi connectivity index (χ1) is 21.1. The van der Waals surface area contributed by atoms with E-state index in [1.165, 1.54) is 17.9 Å². The van der Waals surface area contributed by atoms with Crippen LogP contribution in [0.3, 0.4) is 0 Å². The Morgan fingerprint density at radius 1 is 1.11 bits per heavy atom. The number of likely N-dealkylation sites (N-methyl/N-ethyl adjacent to an activating group) is 1. The molecule has 4 aromatic rings. The Morgan fingerprint density at radius 3 is 2.52 bits per heavy atom. The molecule has 0 radical (unpaired) electrons. The van der Waals surface area contributed by atoms with Crippen molar-refractivity contribution in [2.24, 2.45) is 0 Å². The van der Waals surface area contributed by atoms with Gasteiger partial charge in [0.25, 0.3) is 5.56 Å². The minimum atomic E-state index is -1.29. The van der Waals surface area contributed by atoms with Gasteiger partial charge in [0.2, 0.25) is 5.82 Å². The van der Waals surface area contributed by atoms with Crippen LogP contribution in [0.2, 0.25) is 0 Å². The minimum Gasteiger partial charge on any atom is -0.490 e. The lowest BCUT2D eigenvalue weighted by Crippen LogP contribution is -2.32. The lowest BCUT2D eigenvalue weighted by Gasteiger charge is -2.26. The molecule has 1 heterocycles. The van der Waals surface area contributed by atoms with Gasteiger partial charge >= 0.3 is 12.1 Å². The lowest BCUT2D eigenvalue weighted by atomic mass is 10.0. The van der Waals surface area contributed by atoms with Crippen LogP contribution in [0.4, 0.5) is 20.7 Å². The maximum absolute atomic E-state index is 14.6. The van der Waals surface area contributed by atoms with E-state index in [2.05, 4.69) is 25.9 Å². The molecule has 0 unspecified atom stereocenters. The van der Waals surface area contributed by atoms with Gasteiger partial charge in [-0.05, 0) is 71.1 Å². The van der Waals surface area contributed by atoms with E-state index in [9.17, 15) is 23.9 Å². The Hall–Kier alpha value is -4.71. The normalized spacial score (nSPS) is 12.5. The molecule has 1 aliphatic carbocycles. The van der Waals surface area contributed by atoms with Gasteiger partial charge in [0.05, 0.1) is 23.5 Å². The first-order valence-corrected chi connectivity index (χ1v) is 14.7. The van der Waals surface area contributed by atoms with Crippen LogP contribution in [0.15, 0.2) is 76.1 Å². The monoisotopic (exact) mass is 664 g/mol. The van der Waals surface area contributed by atoms with Crippen LogP contribution in [-0.4, -0.2) is 58.3 Å². The SMILES string of the molecule is Cc1c(F)cc(C(=O)O)cc1-c1[nH]c(=O)c(N(c2ccccc2OCCN(C)C(=O)OCc2ccccc2)C2CC2)nc1Br. The zero-order valence-corrected chi connectivity index (χ0v) is 25.6. The van der Waals surface area contributed by atoms with Gasteiger partial charge in [-0.2, -0.15) is 0 Å². The average molecular weight is 666 g/mol. The van der Waals surface area contributed by atoms with E-state index in [0.717, 1.165) is 24.5 Å². The number of para-hydroxylation sites is 2. The summed E-state index contributed by atoms with van der Waals surface area (Å²) >= 11 is 3.41. The third-order valence-electron chi connectivity index (χ3n) is 7.18. The Kier molecular flexibility index (Phi) is 9.29. The zero-order chi connectivity index (χ0) is 31.4. The van der Waals surface area contributed by atoms with Crippen molar-refractivity contribution in [1.82, 2.24) is 14.9 Å². The quantitative estimate of drug-likeness (QED) is 0.192. The third-order valence-corrected chi connectivity index (χ3v) is 7.75. The molecule has 1 saturated carbocycles. The number of carboxylic acid groups (broad SMARTS) is 1. The highest BCUT2D eigenvalue weighted by atomic mass is 79.9.